The van der Waals surface area contributed by atoms with Gasteiger partial charge in [-0.2, -0.15) is 12.6 Å². The van der Waals surface area contributed by atoms with E-state index in [1.807, 2.05) is 6.92 Å². The van der Waals surface area contributed by atoms with Crippen LogP contribution in [0.1, 0.15) is 6.92 Å². The van der Waals surface area contributed by atoms with Crippen LogP contribution >= 0.6 is 12.6 Å². The molecule has 0 rings (SSSR count). The molecule has 0 heterocycles. The van der Waals surface area contributed by atoms with Crippen LogP contribution in [0.2, 0.25) is 0 Å². The van der Waals surface area contributed by atoms with Crippen LogP contribution in [0.4, 0.5) is 0 Å². The predicted octanol–water partition coefficient (Wildman–Crippen LogP) is 0.0199. The van der Waals surface area contributed by atoms with Gasteiger partial charge in [0, 0.05) is 0 Å². The Morgan fingerprint density at radius 1 is 1.75 bits per heavy atom. The molecule has 4 heavy (non-hydrogen) atoms. The number of hydrogen-bond donors (Lipinski definition) is 1. The Morgan fingerprint density at radius 3 is 1.75 bits per heavy atom. The van der Waals surface area contributed by atoms with Gasteiger partial charge in [0.15, 0.2) is 0 Å². The quantitative estimate of drug-likeness (QED) is 0.466. The summed E-state index contributed by atoms with van der Waals surface area (Å²) < 4.78 is 0. The fourth-order valence-electron chi connectivity index (χ4n) is 0. The fourth-order valence-corrected chi connectivity index (χ4v) is 0. The molecule has 0 aliphatic heterocycles. The molecule has 0 aromatic heterocycles. The summed E-state index contributed by atoms with van der Waals surface area (Å²) in [7, 11) is 0. The van der Waals surface area contributed by atoms with E-state index >= 15 is 0 Å². The average Bonchev–Trinajstić information content (AvgIpc) is 0.918. The zero-order valence-corrected chi connectivity index (χ0v) is 9.25. The first-order chi connectivity index (χ1) is 1.41. The Kier molecular flexibility index (Phi) is 19.9. The van der Waals surface area contributed by atoms with Gasteiger partial charge in [0.1, 0.15) is 0 Å². The van der Waals surface area contributed by atoms with Gasteiger partial charge in [-0.15, -0.1) is 0 Å². The van der Waals surface area contributed by atoms with Gasteiger partial charge in [0.05, 0.1) is 0 Å². The summed E-state index contributed by atoms with van der Waals surface area (Å²) in [6.45, 7) is 1.99. The molecule has 0 saturated heterocycles. The van der Waals surface area contributed by atoms with Gasteiger partial charge in [-0.3, -0.25) is 0 Å². The Labute approximate surface area is 52.5 Å². The molecule has 0 aliphatic rings. The van der Waals surface area contributed by atoms with E-state index in [2.05, 4.69) is 12.6 Å². The third-order valence-electron chi connectivity index (χ3n) is 0. The van der Waals surface area contributed by atoms with Crippen LogP contribution in [0.5, 0.6) is 0 Å². The second-order valence-corrected chi connectivity index (χ2v) is 0.949. The molecular weight excluding hydrogens is 263 g/mol. The summed E-state index contributed by atoms with van der Waals surface area (Å²) in [5.41, 5.74) is 0. The van der Waals surface area contributed by atoms with E-state index in [1.54, 1.807) is 0 Å². The average molecular weight is 271 g/mol. The first kappa shape index (κ1) is 8.99. The molecule has 2 heteroatoms. The van der Waals surface area contributed by atoms with Crippen LogP contribution in [0, 0.1) is 0 Å². The maximum absolute atomic E-state index is 3.79. The molecule has 0 spiro atoms. The molecule has 0 saturated carbocycles. The van der Waals surface area contributed by atoms with Crippen molar-refractivity contribution in [3.8, 4) is 0 Å². The first-order valence-corrected chi connectivity index (χ1v) is 1.66. The van der Waals surface area contributed by atoms with Crippen LogP contribution in [0.15, 0.2) is 0 Å². The predicted molar refractivity (Wildman–Crippen MR) is 28.1 cm³/mol. The molecule has 0 amide bonds. The van der Waals surface area contributed by atoms with Gasteiger partial charge in [-0.05, 0) is 5.75 Å². The van der Waals surface area contributed by atoms with Gasteiger partial charge in [-0.25, -0.2) is 0 Å². The number of thiol groups is 1. The van der Waals surface area contributed by atoms with E-state index in [0.29, 0.717) is 0 Å². The molecule has 0 atom stereocenters. The fraction of sp³-hybridized carbons (Fsp3) is 1.00. The van der Waals surface area contributed by atoms with Crippen LogP contribution < -0.4 is 0 Å². The molecule has 0 aromatic carbocycles. The molecule has 0 fully saturated rings. The summed E-state index contributed by atoms with van der Waals surface area (Å²) in [5, 5.41) is 0. The van der Waals surface area contributed by atoms with Gasteiger partial charge in [0.2, 0.25) is 0 Å². The van der Waals surface area contributed by atoms with Crippen molar-refractivity contribution < 1.29 is 0 Å². The zero-order chi connectivity index (χ0) is 2.71. The van der Waals surface area contributed by atoms with Crippen molar-refractivity contribution in [3.05, 3.63) is 0 Å². The standard InChI is InChI=1S/C2H6S.Pb.2H/c1-2-3;;;/h3H,2H2,1H3;;;. The van der Waals surface area contributed by atoms with E-state index in [-0.39, 0.29) is 27.3 Å². The monoisotopic (exact) mass is 272 g/mol. The van der Waals surface area contributed by atoms with Crippen molar-refractivity contribution in [1.29, 1.82) is 0 Å². The van der Waals surface area contributed by atoms with E-state index in [1.165, 1.54) is 0 Å². The second kappa shape index (κ2) is 8.86. The third kappa shape index (κ3) is 10.4. The number of hydrogen-bond acceptors (Lipinski definition) is 1. The molecule has 0 aliphatic carbocycles. The Balaban J connectivity index is 0. The first-order valence-electron chi connectivity index (χ1n) is 1.02. The summed E-state index contributed by atoms with van der Waals surface area (Å²) in [5.74, 6) is 0.944. The summed E-state index contributed by atoms with van der Waals surface area (Å²) in [4.78, 5) is 0. The van der Waals surface area contributed by atoms with E-state index in [9.17, 15) is 0 Å². The summed E-state index contributed by atoms with van der Waals surface area (Å²) >= 11 is 3.79. The van der Waals surface area contributed by atoms with Crippen molar-refractivity contribution in [2.75, 3.05) is 5.75 Å². The van der Waals surface area contributed by atoms with Crippen molar-refractivity contribution in [1.82, 2.24) is 0 Å². The molecule has 0 bridgehead atoms. The summed E-state index contributed by atoms with van der Waals surface area (Å²) in [6, 6.07) is 0. The normalized spacial score (nSPS) is 4.50. The van der Waals surface area contributed by atoms with Crippen LogP contribution in [-0.4, -0.2) is 33.1 Å². The minimum atomic E-state index is 0. The maximum atomic E-state index is 3.79. The van der Waals surface area contributed by atoms with Gasteiger partial charge in [-0.1, -0.05) is 6.92 Å². The second-order valence-electron chi connectivity index (χ2n) is 0.316. The van der Waals surface area contributed by atoms with Crippen molar-refractivity contribution >= 4 is 39.9 Å². The molecule has 0 nitrogen and oxygen atoms in total. The zero-order valence-electron chi connectivity index (χ0n) is 2.86. The topological polar surface area (TPSA) is 0 Å². The Hall–Kier alpha value is 1.27. The SMILES string of the molecule is CCS.[PbH2]. The Morgan fingerprint density at radius 2 is 1.75 bits per heavy atom. The van der Waals surface area contributed by atoms with E-state index in [0.717, 1.165) is 5.75 Å². The van der Waals surface area contributed by atoms with Crippen LogP contribution in [0.3, 0.4) is 0 Å². The molecule has 0 aromatic rings. The van der Waals surface area contributed by atoms with E-state index in [4.69, 9.17) is 0 Å². The third-order valence-corrected chi connectivity index (χ3v) is 0. The van der Waals surface area contributed by atoms with Gasteiger partial charge >= 0.3 is 27.3 Å². The molecule has 26 valence electrons. The number of rotatable bonds is 0. The van der Waals surface area contributed by atoms with Crippen LogP contribution in [-0.2, 0) is 0 Å². The van der Waals surface area contributed by atoms with E-state index < -0.39 is 0 Å². The molecule has 0 unspecified atom stereocenters. The van der Waals surface area contributed by atoms with Crippen molar-refractivity contribution in [2.45, 2.75) is 6.92 Å². The van der Waals surface area contributed by atoms with Gasteiger partial charge < -0.3 is 0 Å². The molecule has 0 N–H and O–H groups in total. The molecule has 2 radical (unpaired) electrons. The summed E-state index contributed by atoms with van der Waals surface area (Å²) in [6.07, 6.45) is 0. The Bertz CT molecular complexity index is 6.00. The minimum absolute atomic E-state index is 0. The molecular formula is C2H8PbS. The van der Waals surface area contributed by atoms with Gasteiger partial charge in [0.25, 0.3) is 0 Å². The van der Waals surface area contributed by atoms with Crippen LogP contribution in [0.25, 0.3) is 0 Å². The van der Waals surface area contributed by atoms with Crippen molar-refractivity contribution in [2.24, 2.45) is 0 Å². The van der Waals surface area contributed by atoms with Crippen molar-refractivity contribution in [3.63, 3.8) is 0 Å².